The maximum Gasteiger partial charge on any atom is 0.0319 e. The van der Waals surface area contributed by atoms with Crippen LogP contribution in [0.25, 0.3) is 5.57 Å². The van der Waals surface area contributed by atoms with Gasteiger partial charge in [0, 0.05) is 4.11 Å². The minimum atomic E-state index is -1.57. The first-order valence-corrected chi connectivity index (χ1v) is 3.98. The van der Waals surface area contributed by atoms with E-state index in [2.05, 4.69) is 0 Å². The normalized spacial score (nSPS) is 29.8. The van der Waals surface area contributed by atoms with Gasteiger partial charge in [-0.25, -0.2) is 0 Å². The van der Waals surface area contributed by atoms with E-state index in [0.29, 0.717) is 0 Å². The lowest BCUT2D eigenvalue weighted by molar-refractivity contribution is 1.05. The van der Waals surface area contributed by atoms with Gasteiger partial charge in [-0.1, -0.05) is 48.6 Å². The average molecular weight is 159 g/mol. The summed E-state index contributed by atoms with van der Waals surface area (Å²) in [4.78, 5) is 0. The van der Waals surface area contributed by atoms with Crippen LogP contribution < -0.4 is 0 Å². The number of allylic oxidation sites excluding steroid dienone is 4. The third kappa shape index (κ3) is 1.48. The maximum absolute atomic E-state index is 7.87. The number of hydrogen-bond donors (Lipinski definition) is 0. The van der Waals surface area contributed by atoms with Gasteiger partial charge >= 0.3 is 0 Å². The van der Waals surface area contributed by atoms with Crippen LogP contribution in [0.4, 0.5) is 0 Å². The summed E-state index contributed by atoms with van der Waals surface area (Å²) in [6, 6.07) is 9.52. The van der Waals surface area contributed by atoms with Crippen molar-refractivity contribution < 1.29 is 4.11 Å². The van der Waals surface area contributed by atoms with E-state index in [-0.39, 0.29) is 0 Å². The zero-order valence-electron chi connectivity index (χ0n) is 9.70. The van der Waals surface area contributed by atoms with Gasteiger partial charge in [0.2, 0.25) is 0 Å². The molecule has 0 bridgehead atoms. The van der Waals surface area contributed by atoms with Crippen molar-refractivity contribution >= 4 is 5.57 Å². The fraction of sp³-hybridized carbons (Fsp3) is 0.167. The Hall–Kier alpha value is -1.30. The molecule has 0 saturated heterocycles. The van der Waals surface area contributed by atoms with Gasteiger partial charge in [0.15, 0.2) is 0 Å². The zero-order valence-corrected chi connectivity index (χ0v) is 6.70. The van der Waals surface area contributed by atoms with Crippen LogP contribution >= 0.6 is 0 Å². The van der Waals surface area contributed by atoms with Crippen LogP contribution in [0.3, 0.4) is 0 Å². The lowest BCUT2D eigenvalue weighted by atomic mass is 9.98. The number of benzene rings is 1. The Morgan fingerprint density at radius 1 is 1.17 bits per heavy atom. The van der Waals surface area contributed by atoms with Gasteiger partial charge in [0.25, 0.3) is 0 Å². The minimum absolute atomic E-state index is 0.739. The van der Waals surface area contributed by atoms with E-state index in [1.807, 2.05) is 36.4 Å². The van der Waals surface area contributed by atoms with Crippen molar-refractivity contribution in [3.05, 3.63) is 54.1 Å². The summed E-state index contributed by atoms with van der Waals surface area (Å²) in [5.74, 6) is 0. The predicted octanol–water partition coefficient (Wildman–Crippen LogP) is 3.42. The molecule has 1 aliphatic rings. The molecule has 2 rings (SSSR count). The maximum atomic E-state index is 7.87. The van der Waals surface area contributed by atoms with Crippen molar-refractivity contribution in [2.45, 2.75) is 12.8 Å². The molecule has 0 N–H and O–H groups in total. The standard InChI is InChI=1S/C12H12/c1-3-7-11(8-4-1)12-9-5-2-6-10-12/h1-5,7-9H,6,10H2/i6D2,10D. The summed E-state index contributed by atoms with van der Waals surface area (Å²) in [6.07, 6.45) is 2.53. The topological polar surface area (TPSA) is 0 Å². The summed E-state index contributed by atoms with van der Waals surface area (Å²) >= 11 is 0. The smallest absolute Gasteiger partial charge is 0.0319 e. The Labute approximate surface area is 77.5 Å². The Morgan fingerprint density at radius 3 is 2.83 bits per heavy atom. The van der Waals surface area contributed by atoms with Gasteiger partial charge in [0.1, 0.15) is 0 Å². The first-order valence-electron chi connectivity index (χ1n) is 5.56. The summed E-state index contributed by atoms with van der Waals surface area (Å²) in [6.45, 7) is 0. The first-order chi connectivity index (χ1) is 7.11. The van der Waals surface area contributed by atoms with Crippen LogP contribution in [0.5, 0.6) is 0 Å². The van der Waals surface area contributed by atoms with Gasteiger partial charge in [-0.3, -0.25) is 0 Å². The third-order valence-corrected chi connectivity index (χ3v) is 1.81. The molecule has 0 aromatic heterocycles. The van der Waals surface area contributed by atoms with Crippen LogP contribution in [0.15, 0.2) is 48.6 Å². The average Bonchev–Trinajstić information content (AvgIpc) is 2.23. The molecule has 1 atom stereocenters. The molecule has 1 unspecified atom stereocenters. The minimum Gasteiger partial charge on any atom is -0.0842 e. The molecule has 0 fully saturated rings. The van der Waals surface area contributed by atoms with Crippen molar-refractivity contribution in [3.63, 3.8) is 0 Å². The van der Waals surface area contributed by atoms with E-state index in [4.69, 9.17) is 4.11 Å². The van der Waals surface area contributed by atoms with Crippen molar-refractivity contribution in [2.24, 2.45) is 0 Å². The van der Waals surface area contributed by atoms with Crippen LogP contribution in [-0.2, 0) is 0 Å². The Kier molecular flexibility index (Phi) is 1.32. The Morgan fingerprint density at radius 2 is 2.00 bits per heavy atom. The van der Waals surface area contributed by atoms with Gasteiger partial charge < -0.3 is 0 Å². The van der Waals surface area contributed by atoms with E-state index in [1.165, 1.54) is 6.08 Å². The predicted molar refractivity (Wildman–Crippen MR) is 52.8 cm³/mol. The zero-order chi connectivity index (χ0) is 10.9. The van der Waals surface area contributed by atoms with E-state index in [1.54, 1.807) is 6.08 Å². The van der Waals surface area contributed by atoms with Crippen molar-refractivity contribution in [3.8, 4) is 0 Å². The second-order valence-corrected chi connectivity index (χ2v) is 2.66. The van der Waals surface area contributed by atoms with Crippen molar-refractivity contribution in [1.82, 2.24) is 0 Å². The molecule has 0 heterocycles. The van der Waals surface area contributed by atoms with Gasteiger partial charge in [-0.15, -0.1) is 0 Å². The molecular weight excluding hydrogens is 144 g/mol. The molecule has 1 aromatic carbocycles. The van der Waals surface area contributed by atoms with Crippen LogP contribution in [-0.4, -0.2) is 0 Å². The largest absolute Gasteiger partial charge is 0.0842 e. The molecule has 0 amide bonds. The third-order valence-electron chi connectivity index (χ3n) is 1.81. The molecule has 0 saturated carbocycles. The molecule has 60 valence electrons. The highest BCUT2D eigenvalue weighted by Gasteiger charge is 2.00. The molecule has 0 nitrogen and oxygen atoms in total. The Bertz CT molecular complexity index is 404. The van der Waals surface area contributed by atoms with Gasteiger partial charge in [0.05, 0.1) is 0 Å². The molecule has 12 heavy (non-hydrogen) atoms. The molecule has 0 aliphatic heterocycles. The highest BCUT2D eigenvalue weighted by atomic mass is 14.1. The first kappa shape index (κ1) is 4.66. The van der Waals surface area contributed by atoms with Gasteiger partial charge in [-0.05, 0) is 23.9 Å². The number of rotatable bonds is 1. The molecule has 1 aliphatic carbocycles. The molecule has 0 heteroatoms. The van der Waals surface area contributed by atoms with Crippen molar-refractivity contribution in [1.29, 1.82) is 0 Å². The quantitative estimate of drug-likeness (QED) is 0.589. The second-order valence-electron chi connectivity index (χ2n) is 2.66. The monoisotopic (exact) mass is 159 g/mol. The van der Waals surface area contributed by atoms with Crippen molar-refractivity contribution in [2.75, 3.05) is 0 Å². The summed E-state index contributed by atoms with van der Waals surface area (Å²) in [5.41, 5.74) is 1.66. The Balaban J connectivity index is 2.39. The molecular formula is C12H12. The van der Waals surface area contributed by atoms with Crippen LogP contribution in [0.1, 0.15) is 22.4 Å². The molecule has 0 radical (unpaired) electrons. The molecule has 0 spiro atoms. The van der Waals surface area contributed by atoms with Gasteiger partial charge in [-0.2, -0.15) is 0 Å². The van der Waals surface area contributed by atoms with E-state index in [9.17, 15) is 0 Å². The lowest BCUT2D eigenvalue weighted by Crippen LogP contribution is -1.86. The van der Waals surface area contributed by atoms with Crippen LogP contribution in [0.2, 0.25) is 0 Å². The summed E-state index contributed by atoms with van der Waals surface area (Å²) < 4.78 is 23.2. The second kappa shape index (κ2) is 3.40. The summed E-state index contributed by atoms with van der Waals surface area (Å²) in [7, 11) is 0. The molecule has 1 aromatic rings. The lowest BCUT2D eigenvalue weighted by Gasteiger charge is -2.08. The SMILES string of the molecule is [2H]C1C(c2ccccc2)=CC=CC1([2H])[2H]. The fourth-order valence-electron chi connectivity index (χ4n) is 1.20. The van der Waals surface area contributed by atoms with E-state index >= 15 is 0 Å². The van der Waals surface area contributed by atoms with E-state index < -0.39 is 12.8 Å². The van der Waals surface area contributed by atoms with Crippen LogP contribution in [0, 0.1) is 0 Å². The summed E-state index contributed by atoms with van der Waals surface area (Å²) in [5, 5.41) is 0. The number of hydrogen-bond acceptors (Lipinski definition) is 0. The highest BCUT2D eigenvalue weighted by Crippen LogP contribution is 2.22. The van der Waals surface area contributed by atoms with E-state index in [0.717, 1.165) is 11.1 Å². The highest BCUT2D eigenvalue weighted by molar-refractivity contribution is 5.67. The fourth-order valence-corrected chi connectivity index (χ4v) is 1.20.